The van der Waals surface area contributed by atoms with Crippen molar-refractivity contribution in [1.29, 1.82) is 0 Å². The molecule has 1 amide bonds. The van der Waals surface area contributed by atoms with Gasteiger partial charge in [-0.2, -0.15) is 5.10 Å². The molecule has 9 heteroatoms. The van der Waals surface area contributed by atoms with Crippen LogP contribution < -0.4 is 10.6 Å². The Morgan fingerprint density at radius 3 is 2.85 bits per heavy atom. The van der Waals surface area contributed by atoms with Crippen molar-refractivity contribution in [3.05, 3.63) is 6.20 Å². The molecular formula is C17H27BrN6OS. The molecule has 144 valence electrons. The van der Waals surface area contributed by atoms with Crippen LogP contribution in [0.15, 0.2) is 11.4 Å². The van der Waals surface area contributed by atoms with Crippen molar-refractivity contribution in [3.8, 4) is 0 Å². The number of halogens is 1. The molecule has 0 radical (unpaired) electrons. The largest absolute Gasteiger partial charge is 0.369 e. The van der Waals surface area contributed by atoms with Gasteiger partial charge in [-0.1, -0.05) is 48.5 Å². The molecule has 26 heavy (non-hydrogen) atoms. The van der Waals surface area contributed by atoms with E-state index in [1.165, 1.54) is 0 Å². The predicted octanol–water partition coefficient (Wildman–Crippen LogP) is 3.44. The molecule has 7 nitrogen and oxygen atoms in total. The number of carbonyl (C=O) groups excluding carboxylic acids is 1. The lowest BCUT2D eigenvalue weighted by Gasteiger charge is -2.10. The van der Waals surface area contributed by atoms with Crippen LogP contribution in [0.1, 0.15) is 40.0 Å². The normalized spacial score (nSPS) is 11.3. The summed E-state index contributed by atoms with van der Waals surface area (Å²) >= 11 is 4.97. The van der Waals surface area contributed by atoms with Crippen LogP contribution in [0.25, 0.3) is 11.0 Å². The van der Waals surface area contributed by atoms with Crippen molar-refractivity contribution < 1.29 is 4.79 Å². The standard InChI is InChI=1S/C17H27BrN6OS/c1-4-8-20-15-13-11-21-24(10-9-19-14(25)6-5-7-18)16(13)23-17(22-15)26-12(2)3/h11-12H,4-10H2,1-3H3,(H,19,25)(H,20,22,23). The third kappa shape index (κ3) is 6.12. The average molecular weight is 443 g/mol. The molecule has 0 fully saturated rings. The summed E-state index contributed by atoms with van der Waals surface area (Å²) in [5.74, 6) is 0.893. The van der Waals surface area contributed by atoms with Gasteiger partial charge in [0.2, 0.25) is 5.91 Å². The van der Waals surface area contributed by atoms with Crippen LogP contribution in [-0.4, -0.2) is 49.3 Å². The minimum absolute atomic E-state index is 0.0666. The number of nitrogens with zero attached hydrogens (tertiary/aromatic N) is 4. The molecule has 0 aliphatic carbocycles. The first-order chi connectivity index (χ1) is 12.5. The highest BCUT2D eigenvalue weighted by Crippen LogP contribution is 2.26. The second kappa shape index (κ2) is 10.7. The van der Waals surface area contributed by atoms with Crippen LogP contribution in [0.2, 0.25) is 0 Å². The molecule has 0 aromatic carbocycles. The van der Waals surface area contributed by atoms with Gasteiger partial charge >= 0.3 is 0 Å². The van der Waals surface area contributed by atoms with Gasteiger partial charge in [-0.05, 0) is 12.8 Å². The van der Waals surface area contributed by atoms with Crippen LogP contribution in [0.4, 0.5) is 5.82 Å². The molecule has 2 rings (SSSR count). The highest BCUT2D eigenvalue weighted by molar-refractivity contribution is 9.09. The van der Waals surface area contributed by atoms with Crippen LogP contribution in [-0.2, 0) is 11.3 Å². The van der Waals surface area contributed by atoms with Gasteiger partial charge < -0.3 is 10.6 Å². The third-order valence-corrected chi connectivity index (χ3v) is 4.97. The fourth-order valence-electron chi connectivity index (χ4n) is 2.36. The zero-order valence-electron chi connectivity index (χ0n) is 15.6. The molecule has 0 unspecified atom stereocenters. The first kappa shape index (κ1) is 21.0. The summed E-state index contributed by atoms with van der Waals surface area (Å²) in [7, 11) is 0. The van der Waals surface area contributed by atoms with Gasteiger partial charge in [0.25, 0.3) is 0 Å². The summed E-state index contributed by atoms with van der Waals surface area (Å²) in [5, 5.41) is 13.6. The Balaban J connectivity index is 2.15. The number of aromatic nitrogens is 4. The van der Waals surface area contributed by atoms with Crippen molar-refractivity contribution in [2.45, 2.75) is 57.0 Å². The molecule has 0 aliphatic rings. The number of alkyl halides is 1. The van der Waals surface area contributed by atoms with Crippen molar-refractivity contribution in [1.82, 2.24) is 25.1 Å². The number of fused-ring (bicyclic) bond motifs is 1. The quantitative estimate of drug-likeness (QED) is 0.315. The summed E-state index contributed by atoms with van der Waals surface area (Å²) in [5.41, 5.74) is 0.802. The molecule has 2 aromatic heterocycles. The first-order valence-corrected chi connectivity index (χ1v) is 11.0. The summed E-state index contributed by atoms with van der Waals surface area (Å²) < 4.78 is 1.84. The number of anilines is 1. The van der Waals surface area contributed by atoms with E-state index in [0.717, 1.165) is 46.7 Å². The lowest BCUT2D eigenvalue weighted by molar-refractivity contribution is -0.121. The second-order valence-electron chi connectivity index (χ2n) is 6.20. The Morgan fingerprint density at radius 2 is 2.15 bits per heavy atom. The Labute approximate surface area is 167 Å². The average Bonchev–Trinajstić information content (AvgIpc) is 3.00. The van der Waals surface area contributed by atoms with Crippen LogP contribution >= 0.6 is 27.7 Å². The van der Waals surface area contributed by atoms with Crippen molar-refractivity contribution in [2.24, 2.45) is 0 Å². The smallest absolute Gasteiger partial charge is 0.220 e. The molecule has 0 atom stereocenters. The van der Waals surface area contributed by atoms with Crippen molar-refractivity contribution >= 4 is 50.5 Å². The van der Waals surface area contributed by atoms with E-state index in [2.05, 4.69) is 62.4 Å². The summed E-state index contributed by atoms with van der Waals surface area (Å²) in [6, 6.07) is 0. The van der Waals surface area contributed by atoms with Gasteiger partial charge in [0.15, 0.2) is 10.8 Å². The Kier molecular flexibility index (Phi) is 8.64. The van der Waals surface area contributed by atoms with Crippen molar-refractivity contribution in [2.75, 3.05) is 23.7 Å². The maximum Gasteiger partial charge on any atom is 0.220 e. The SMILES string of the molecule is CCCNc1nc(SC(C)C)nc2c1cnn2CCNC(=O)CCCBr. The van der Waals surface area contributed by atoms with Crippen LogP contribution in [0.5, 0.6) is 0 Å². The maximum atomic E-state index is 11.7. The van der Waals surface area contributed by atoms with Crippen LogP contribution in [0.3, 0.4) is 0 Å². The third-order valence-electron chi connectivity index (χ3n) is 3.54. The molecule has 2 heterocycles. The summed E-state index contributed by atoms with van der Waals surface area (Å²) in [6.07, 6.45) is 4.19. The zero-order valence-corrected chi connectivity index (χ0v) is 18.0. The maximum absolute atomic E-state index is 11.7. The molecule has 2 aromatic rings. The number of hydrogen-bond donors (Lipinski definition) is 2. The zero-order chi connectivity index (χ0) is 18.9. The predicted molar refractivity (Wildman–Crippen MR) is 111 cm³/mol. The lowest BCUT2D eigenvalue weighted by atomic mass is 10.3. The second-order valence-corrected chi connectivity index (χ2v) is 8.53. The summed E-state index contributed by atoms with van der Waals surface area (Å²) in [4.78, 5) is 21.1. The fourth-order valence-corrected chi connectivity index (χ4v) is 3.34. The number of thioether (sulfide) groups is 1. The molecule has 0 bridgehead atoms. The Hall–Kier alpha value is -1.35. The van der Waals surface area contributed by atoms with E-state index in [9.17, 15) is 4.79 Å². The summed E-state index contributed by atoms with van der Waals surface area (Å²) in [6.45, 7) is 8.34. The Bertz CT molecular complexity index is 721. The molecule has 0 spiro atoms. The van der Waals surface area contributed by atoms with E-state index >= 15 is 0 Å². The van der Waals surface area contributed by atoms with E-state index in [1.54, 1.807) is 18.0 Å². The topological polar surface area (TPSA) is 84.7 Å². The Morgan fingerprint density at radius 1 is 1.35 bits per heavy atom. The highest BCUT2D eigenvalue weighted by atomic mass is 79.9. The minimum Gasteiger partial charge on any atom is -0.369 e. The molecule has 0 saturated carbocycles. The number of amides is 1. The monoisotopic (exact) mass is 442 g/mol. The van der Waals surface area contributed by atoms with Gasteiger partial charge in [0.05, 0.1) is 18.1 Å². The van der Waals surface area contributed by atoms with E-state index in [4.69, 9.17) is 0 Å². The van der Waals surface area contributed by atoms with Crippen LogP contribution in [0, 0.1) is 0 Å². The van der Waals surface area contributed by atoms with Gasteiger partial charge in [-0.25, -0.2) is 14.6 Å². The molecule has 0 saturated heterocycles. The van der Waals surface area contributed by atoms with Crippen molar-refractivity contribution in [3.63, 3.8) is 0 Å². The van der Waals surface area contributed by atoms with E-state index in [1.807, 2.05) is 4.68 Å². The van der Waals surface area contributed by atoms with Gasteiger partial charge in [0, 0.05) is 30.1 Å². The lowest BCUT2D eigenvalue weighted by Crippen LogP contribution is -2.27. The highest BCUT2D eigenvalue weighted by Gasteiger charge is 2.14. The van der Waals surface area contributed by atoms with E-state index in [-0.39, 0.29) is 5.91 Å². The minimum atomic E-state index is 0.0666. The van der Waals surface area contributed by atoms with E-state index < -0.39 is 0 Å². The first-order valence-electron chi connectivity index (χ1n) is 9.01. The molecule has 0 aliphatic heterocycles. The number of carbonyl (C=O) groups is 1. The molecular weight excluding hydrogens is 416 g/mol. The fraction of sp³-hybridized carbons (Fsp3) is 0.647. The molecule has 2 N–H and O–H groups in total. The number of nitrogens with one attached hydrogen (secondary N) is 2. The van der Waals surface area contributed by atoms with E-state index in [0.29, 0.717) is 24.8 Å². The van der Waals surface area contributed by atoms with Gasteiger partial charge in [-0.15, -0.1) is 0 Å². The number of rotatable bonds is 11. The van der Waals surface area contributed by atoms with Gasteiger partial charge in [0.1, 0.15) is 5.82 Å². The number of hydrogen-bond acceptors (Lipinski definition) is 6. The van der Waals surface area contributed by atoms with Gasteiger partial charge in [-0.3, -0.25) is 4.79 Å².